The second kappa shape index (κ2) is 8.80. The van der Waals surface area contributed by atoms with Gasteiger partial charge in [0.05, 0.1) is 24.3 Å². The summed E-state index contributed by atoms with van der Waals surface area (Å²) in [5.74, 6) is -0.701. The summed E-state index contributed by atoms with van der Waals surface area (Å²) in [7, 11) is 1.92. The van der Waals surface area contributed by atoms with Crippen LogP contribution in [-0.4, -0.2) is 32.9 Å². The van der Waals surface area contributed by atoms with Crippen LogP contribution in [0.15, 0.2) is 66.4 Å². The number of carbonyl (C=O) groups is 2. The van der Waals surface area contributed by atoms with E-state index in [4.69, 9.17) is 5.73 Å². The number of thiazole rings is 1. The number of rotatable bonds is 6. The van der Waals surface area contributed by atoms with E-state index >= 15 is 0 Å². The summed E-state index contributed by atoms with van der Waals surface area (Å²) in [5.41, 5.74) is 10.2. The van der Waals surface area contributed by atoms with Gasteiger partial charge in [0.15, 0.2) is 5.13 Å². The van der Waals surface area contributed by atoms with Crippen LogP contribution >= 0.6 is 11.3 Å². The van der Waals surface area contributed by atoms with E-state index in [-0.39, 0.29) is 18.4 Å². The summed E-state index contributed by atoms with van der Waals surface area (Å²) in [5, 5.41) is 7.63. The predicted molar refractivity (Wildman–Crippen MR) is 122 cm³/mol. The van der Waals surface area contributed by atoms with E-state index in [1.54, 1.807) is 30.6 Å². The van der Waals surface area contributed by atoms with Gasteiger partial charge in [-0.3, -0.25) is 9.59 Å². The van der Waals surface area contributed by atoms with Gasteiger partial charge < -0.3 is 20.9 Å². The van der Waals surface area contributed by atoms with Crippen LogP contribution in [0.4, 0.5) is 10.8 Å². The lowest BCUT2D eigenvalue weighted by Gasteiger charge is -2.05. The molecule has 0 saturated carbocycles. The number of nitrogen functional groups attached to an aromatic ring is 1. The van der Waals surface area contributed by atoms with E-state index < -0.39 is 0 Å². The highest BCUT2D eigenvalue weighted by molar-refractivity contribution is 7.14. The fraction of sp³-hybridized carbons (Fsp3) is 0.0909. The van der Waals surface area contributed by atoms with Gasteiger partial charge in [0.2, 0.25) is 5.91 Å². The Morgan fingerprint density at radius 2 is 1.84 bits per heavy atom. The molecule has 4 aromatic rings. The fourth-order valence-corrected chi connectivity index (χ4v) is 3.66. The third-order valence-corrected chi connectivity index (χ3v) is 5.25. The van der Waals surface area contributed by atoms with Gasteiger partial charge in [-0.05, 0) is 30.3 Å². The number of amides is 2. The highest BCUT2D eigenvalue weighted by Crippen LogP contribution is 2.28. The van der Waals surface area contributed by atoms with Gasteiger partial charge in [-0.25, -0.2) is 9.97 Å². The molecule has 0 fully saturated rings. The Kier molecular flexibility index (Phi) is 5.76. The van der Waals surface area contributed by atoms with Crippen molar-refractivity contribution in [2.45, 2.75) is 0 Å². The maximum Gasteiger partial charge on any atom is 0.251 e. The monoisotopic (exact) mass is 432 g/mol. The summed E-state index contributed by atoms with van der Waals surface area (Å²) in [6.07, 6.45) is 3.70. The standard InChI is InChI=1S/C22H20N6O2S/c1-28-11-18(25-13-28)15-3-2-4-16(9-15)19-12-31-22(26-19)27-20(29)10-24-21(30)14-5-7-17(23)8-6-14/h2-9,11-13H,10,23H2,1H3,(H,24,30)(H,26,27,29). The average Bonchev–Trinajstić information content (AvgIpc) is 3.42. The minimum atomic E-state index is -0.355. The van der Waals surface area contributed by atoms with Crippen LogP contribution in [-0.2, 0) is 11.8 Å². The molecule has 2 aromatic heterocycles. The molecule has 0 bridgehead atoms. The second-order valence-electron chi connectivity index (χ2n) is 6.90. The van der Waals surface area contributed by atoms with Crippen LogP contribution in [0.3, 0.4) is 0 Å². The Morgan fingerprint density at radius 1 is 1.10 bits per heavy atom. The minimum absolute atomic E-state index is 0.159. The number of hydrogen-bond donors (Lipinski definition) is 3. The second-order valence-corrected chi connectivity index (χ2v) is 7.75. The third-order valence-electron chi connectivity index (χ3n) is 4.49. The van der Waals surface area contributed by atoms with Crippen molar-refractivity contribution in [2.75, 3.05) is 17.6 Å². The van der Waals surface area contributed by atoms with Crippen molar-refractivity contribution in [3.8, 4) is 22.5 Å². The molecule has 0 atom stereocenters. The van der Waals surface area contributed by atoms with Crippen LogP contribution in [0.1, 0.15) is 10.4 Å². The number of aryl methyl sites for hydroxylation is 1. The lowest BCUT2D eigenvalue weighted by molar-refractivity contribution is -0.115. The molecule has 0 aliphatic heterocycles. The molecule has 9 heteroatoms. The zero-order valence-electron chi connectivity index (χ0n) is 16.7. The molecule has 8 nitrogen and oxygen atoms in total. The quantitative estimate of drug-likeness (QED) is 0.405. The fourth-order valence-electron chi connectivity index (χ4n) is 2.92. The van der Waals surface area contributed by atoms with E-state index in [2.05, 4.69) is 20.6 Å². The van der Waals surface area contributed by atoms with E-state index in [0.717, 1.165) is 22.5 Å². The van der Waals surface area contributed by atoms with Gasteiger partial charge in [-0.2, -0.15) is 0 Å². The Hall–Kier alpha value is -3.98. The van der Waals surface area contributed by atoms with Gasteiger partial charge in [-0.1, -0.05) is 18.2 Å². The maximum atomic E-state index is 12.2. The van der Waals surface area contributed by atoms with Gasteiger partial charge >= 0.3 is 0 Å². The summed E-state index contributed by atoms with van der Waals surface area (Å²) in [6, 6.07) is 14.4. The first kappa shape index (κ1) is 20.3. The van der Waals surface area contributed by atoms with Gasteiger partial charge in [-0.15, -0.1) is 11.3 Å². The average molecular weight is 433 g/mol. The van der Waals surface area contributed by atoms with Crippen LogP contribution in [0.5, 0.6) is 0 Å². The smallest absolute Gasteiger partial charge is 0.251 e. The van der Waals surface area contributed by atoms with Gasteiger partial charge in [0.1, 0.15) is 0 Å². The largest absolute Gasteiger partial charge is 0.399 e. The third kappa shape index (κ3) is 4.96. The molecule has 4 rings (SSSR count). The molecule has 0 spiro atoms. The van der Waals surface area contributed by atoms with Crippen molar-refractivity contribution in [1.29, 1.82) is 0 Å². The molecule has 0 saturated heterocycles. The zero-order chi connectivity index (χ0) is 21.8. The molecule has 2 aromatic carbocycles. The molecule has 31 heavy (non-hydrogen) atoms. The number of nitrogens with zero attached hydrogens (tertiary/aromatic N) is 3. The molecule has 0 radical (unpaired) electrons. The van der Waals surface area contributed by atoms with E-state index in [1.165, 1.54) is 11.3 Å². The van der Waals surface area contributed by atoms with E-state index in [9.17, 15) is 9.59 Å². The number of carbonyl (C=O) groups excluding carboxylic acids is 2. The SMILES string of the molecule is Cn1cnc(-c2cccc(-c3csc(NC(=O)CNC(=O)c4ccc(N)cc4)n3)c2)c1. The molecule has 156 valence electrons. The van der Waals surface area contributed by atoms with Crippen molar-refractivity contribution < 1.29 is 9.59 Å². The number of anilines is 2. The van der Waals surface area contributed by atoms with E-state index in [0.29, 0.717) is 16.4 Å². The number of nitrogens with two attached hydrogens (primary N) is 1. The molecule has 0 unspecified atom stereocenters. The number of aromatic nitrogens is 3. The molecule has 2 heterocycles. The van der Waals surface area contributed by atoms with Crippen molar-refractivity contribution >= 4 is 34.0 Å². The van der Waals surface area contributed by atoms with Gasteiger partial charge in [0, 0.05) is 41.0 Å². The van der Waals surface area contributed by atoms with Crippen LogP contribution < -0.4 is 16.4 Å². The van der Waals surface area contributed by atoms with Crippen molar-refractivity contribution in [3.63, 3.8) is 0 Å². The van der Waals surface area contributed by atoms with E-state index in [1.807, 2.05) is 47.5 Å². The molecule has 0 aliphatic carbocycles. The number of benzene rings is 2. The Balaban J connectivity index is 1.37. The van der Waals surface area contributed by atoms with Crippen molar-refractivity contribution in [3.05, 3.63) is 72.0 Å². The summed E-state index contributed by atoms with van der Waals surface area (Å²) < 4.78 is 1.89. The van der Waals surface area contributed by atoms with Gasteiger partial charge in [0.25, 0.3) is 5.91 Å². The van der Waals surface area contributed by atoms with Crippen molar-refractivity contribution in [2.24, 2.45) is 7.05 Å². The Bertz CT molecular complexity index is 1230. The highest BCUT2D eigenvalue weighted by Gasteiger charge is 2.11. The normalized spacial score (nSPS) is 10.6. The zero-order valence-corrected chi connectivity index (χ0v) is 17.5. The Morgan fingerprint density at radius 3 is 2.55 bits per heavy atom. The first-order valence-corrected chi connectivity index (χ1v) is 10.3. The lowest BCUT2D eigenvalue weighted by Crippen LogP contribution is -2.32. The predicted octanol–water partition coefficient (Wildman–Crippen LogP) is 3.16. The van der Waals surface area contributed by atoms with Crippen LogP contribution in [0.25, 0.3) is 22.5 Å². The summed E-state index contributed by atoms with van der Waals surface area (Å²) in [4.78, 5) is 33.2. The number of nitrogens with one attached hydrogen (secondary N) is 2. The molecule has 2 amide bonds. The lowest BCUT2D eigenvalue weighted by atomic mass is 10.1. The number of imidazole rings is 1. The highest BCUT2D eigenvalue weighted by atomic mass is 32.1. The van der Waals surface area contributed by atoms with Crippen LogP contribution in [0.2, 0.25) is 0 Å². The summed E-state index contributed by atoms with van der Waals surface area (Å²) >= 11 is 1.32. The molecular weight excluding hydrogens is 412 g/mol. The molecule has 4 N–H and O–H groups in total. The van der Waals surface area contributed by atoms with Crippen LogP contribution in [0, 0.1) is 0 Å². The summed E-state index contributed by atoms with van der Waals surface area (Å²) in [6.45, 7) is -0.159. The minimum Gasteiger partial charge on any atom is -0.399 e. The Labute approximate surface area is 182 Å². The topological polar surface area (TPSA) is 115 Å². The molecular formula is C22H20N6O2S. The van der Waals surface area contributed by atoms with Crippen molar-refractivity contribution in [1.82, 2.24) is 19.9 Å². The maximum absolute atomic E-state index is 12.2. The first-order valence-electron chi connectivity index (χ1n) is 9.46. The first-order chi connectivity index (χ1) is 15.0. The molecule has 0 aliphatic rings. The number of hydrogen-bond acceptors (Lipinski definition) is 6.